The van der Waals surface area contributed by atoms with Crippen molar-refractivity contribution in [1.29, 1.82) is 5.26 Å². The van der Waals surface area contributed by atoms with Crippen LogP contribution < -0.4 is 10.2 Å². The highest BCUT2D eigenvalue weighted by Crippen LogP contribution is 2.28. The molecule has 0 radical (unpaired) electrons. The van der Waals surface area contributed by atoms with Crippen LogP contribution in [0.15, 0.2) is 24.4 Å². The van der Waals surface area contributed by atoms with Gasteiger partial charge in [0, 0.05) is 25.0 Å². The topological polar surface area (TPSA) is 81.9 Å². The van der Waals surface area contributed by atoms with Gasteiger partial charge < -0.3 is 10.2 Å². The zero-order valence-electron chi connectivity index (χ0n) is 15.4. The number of nitrogens with zero attached hydrogens (tertiary/aromatic N) is 4. The van der Waals surface area contributed by atoms with Crippen molar-refractivity contribution in [3.05, 3.63) is 46.9 Å². The molecule has 3 rings (SSSR count). The number of carbonyl (C=O) groups excluding carboxylic acids is 1. The van der Waals surface area contributed by atoms with Gasteiger partial charge in [0.15, 0.2) is 0 Å². The third kappa shape index (κ3) is 3.83. The van der Waals surface area contributed by atoms with Gasteiger partial charge in [-0.3, -0.25) is 9.78 Å². The Morgan fingerprint density at radius 2 is 2.15 bits per heavy atom. The van der Waals surface area contributed by atoms with E-state index in [1.807, 2.05) is 39.0 Å². The predicted molar refractivity (Wildman–Crippen MR) is 101 cm³/mol. The van der Waals surface area contributed by atoms with Crippen molar-refractivity contribution in [3.63, 3.8) is 0 Å². The van der Waals surface area contributed by atoms with Gasteiger partial charge in [-0.25, -0.2) is 4.98 Å². The summed E-state index contributed by atoms with van der Waals surface area (Å²) in [6.07, 6.45) is 3.48. The van der Waals surface area contributed by atoms with E-state index in [2.05, 4.69) is 26.3 Å². The molecule has 0 saturated carbocycles. The zero-order chi connectivity index (χ0) is 18.7. The lowest BCUT2D eigenvalue weighted by molar-refractivity contribution is -0.120. The molecule has 0 spiro atoms. The standard InChI is InChI=1S/C20H23N5O/c1-13-6-7-19(22-11-13)24-20(26)16-5-4-8-25(12-16)18-9-14(2)23-15(3)17(18)10-21/h6-7,9,11,16H,4-5,8,12H2,1-3H3,(H,22,24,26). The van der Waals surface area contributed by atoms with E-state index in [0.717, 1.165) is 42.0 Å². The first-order chi connectivity index (χ1) is 12.5. The van der Waals surface area contributed by atoms with Gasteiger partial charge in [-0.05, 0) is 51.3 Å². The fourth-order valence-corrected chi connectivity index (χ4v) is 3.38. The number of anilines is 2. The lowest BCUT2D eigenvalue weighted by Gasteiger charge is -2.34. The molecule has 2 aromatic rings. The zero-order valence-corrected chi connectivity index (χ0v) is 15.4. The number of amides is 1. The third-order valence-electron chi connectivity index (χ3n) is 4.71. The lowest BCUT2D eigenvalue weighted by atomic mass is 9.95. The van der Waals surface area contributed by atoms with E-state index >= 15 is 0 Å². The molecular weight excluding hydrogens is 326 g/mol. The molecule has 134 valence electrons. The molecule has 26 heavy (non-hydrogen) atoms. The van der Waals surface area contributed by atoms with Crippen LogP contribution >= 0.6 is 0 Å². The van der Waals surface area contributed by atoms with Gasteiger partial charge in [-0.1, -0.05) is 6.07 Å². The van der Waals surface area contributed by atoms with Crippen LogP contribution in [0.2, 0.25) is 0 Å². The Morgan fingerprint density at radius 1 is 1.35 bits per heavy atom. The Morgan fingerprint density at radius 3 is 2.85 bits per heavy atom. The number of hydrogen-bond donors (Lipinski definition) is 1. The molecule has 0 aliphatic carbocycles. The highest BCUT2D eigenvalue weighted by molar-refractivity contribution is 5.92. The minimum atomic E-state index is -0.132. The van der Waals surface area contributed by atoms with E-state index in [1.165, 1.54) is 0 Å². The van der Waals surface area contributed by atoms with E-state index in [0.29, 0.717) is 17.9 Å². The molecule has 2 aromatic heterocycles. The van der Waals surface area contributed by atoms with Gasteiger partial charge in [0.1, 0.15) is 11.9 Å². The summed E-state index contributed by atoms with van der Waals surface area (Å²) >= 11 is 0. The summed E-state index contributed by atoms with van der Waals surface area (Å²) in [5.41, 5.74) is 4.14. The number of nitriles is 1. The number of aryl methyl sites for hydroxylation is 3. The molecule has 1 unspecified atom stereocenters. The summed E-state index contributed by atoms with van der Waals surface area (Å²) in [5, 5.41) is 12.4. The first-order valence-electron chi connectivity index (χ1n) is 8.84. The molecular formula is C20H23N5O. The van der Waals surface area contributed by atoms with Gasteiger partial charge in [0.2, 0.25) is 5.91 Å². The highest BCUT2D eigenvalue weighted by atomic mass is 16.2. The van der Waals surface area contributed by atoms with Crippen LogP contribution in [0.1, 0.15) is 35.4 Å². The van der Waals surface area contributed by atoms with Gasteiger partial charge in [-0.2, -0.15) is 5.26 Å². The molecule has 3 heterocycles. The summed E-state index contributed by atoms with van der Waals surface area (Å²) < 4.78 is 0. The first-order valence-corrected chi connectivity index (χ1v) is 8.84. The van der Waals surface area contributed by atoms with Gasteiger partial charge in [-0.15, -0.1) is 0 Å². The predicted octanol–water partition coefficient (Wildman–Crippen LogP) is 3.13. The number of aromatic nitrogens is 2. The average Bonchev–Trinajstić information content (AvgIpc) is 2.63. The van der Waals surface area contributed by atoms with Crippen LogP contribution in [0.5, 0.6) is 0 Å². The van der Waals surface area contributed by atoms with Crippen molar-refractivity contribution < 1.29 is 4.79 Å². The van der Waals surface area contributed by atoms with Crippen molar-refractivity contribution >= 4 is 17.4 Å². The Bertz CT molecular complexity index is 854. The molecule has 1 fully saturated rings. The van der Waals surface area contributed by atoms with Gasteiger partial charge in [0.05, 0.1) is 22.9 Å². The summed E-state index contributed by atoms with van der Waals surface area (Å²) in [5.74, 6) is 0.422. The maximum Gasteiger partial charge on any atom is 0.230 e. The Labute approximate surface area is 153 Å². The lowest BCUT2D eigenvalue weighted by Crippen LogP contribution is -2.41. The molecule has 1 atom stereocenters. The van der Waals surface area contributed by atoms with Crippen LogP contribution in [0.4, 0.5) is 11.5 Å². The van der Waals surface area contributed by atoms with Gasteiger partial charge in [0.25, 0.3) is 0 Å². The maximum atomic E-state index is 12.7. The third-order valence-corrected chi connectivity index (χ3v) is 4.71. The number of nitrogens with one attached hydrogen (secondary N) is 1. The summed E-state index contributed by atoms with van der Waals surface area (Å²) in [4.78, 5) is 23.4. The Hall–Kier alpha value is -2.94. The van der Waals surface area contributed by atoms with E-state index < -0.39 is 0 Å². The number of rotatable bonds is 3. The van der Waals surface area contributed by atoms with Crippen molar-refractivity contribution in [2.24, 2.45) is 5.92 Å². The summed E-state index contributed by atoms with van der Waals surface area (Å²) in [6.45, 7) is 7.17. The molecule has 1 amide bonds. The Balaban J connectivity index is 1.76. The van der Waals surface area contributed by atoms with Crippen molar-refractivity contribution in [2.75, 3.05) is 23.3 Å². The van der Waals surface area contributed by atoms with E-state index in [1.54, 1.807) is 6.20 Å². The fourth-order valence-electron chi connectivity index (χ4n) is 3.38. The second kappa shape index (κ2) is 7.52. The number of pyridine rings is 2. The summed E-state index contributed by atoms with van der Waals surface area (Å²) in [7, 11) is 0. The minimum Gasteiger partial charge on any atom is -0.370 e. The van der Waals surface area contributed by atoms with Crippen molar-refractivity contribution in [3.8, 4) is 6.07 Å². The average molecular weight is 349 g/mol. The monoisotopic (exact) mass is 349 g/mol. The normalized spacial score (nSPS) is 16.8. The van der Waals surface area contributed by atoms with Crippen molar-refractivity contribution in [2.45, 2.75) is 33.6 Å². The highest BCUT2D eigenvalue weighted by Gasteiger charge is 2.28. The van der Waals surface area contributed by atoms with Crippen LogP contribution in [0, 0.1) is 38.0 Å². The number of piperidine rings is 1. The van der Waals surface area contributed by atoms with Crippen LogP contribution in [0.25, 0.3) is 0 Å². The molecule has 0 aromatic carbocycles. The molecule has 1 aliphatic heterocycles. The minimum absolute atomic E-state index is 0.0212. The number of carbonyl (C=O) groups is 1. The SMILES string of the molecule is Cc1ccc(NC(=O)C2CCCN(c3cc(C)nc(C)c3C#N)C2)nc1. The van der Waals surface area contributed by atoms with E-state index in [-0.39, 0.29) is 11.8 Å². The molecule has 1 aliphatic rings. The Kier molecular flexibility index (Phi) is 5.17. The molecule has 6 nitrogen and oxygen atoms in total. The molecule has 0 bridgehead atoms. The van der Waals surface area contributed by atoms with Crippen molar-refractivity contribution in [1.82, 2.24) is 9.97 Å². The van der Waals surface area contributed by atoms with Crippen LogP contribution in [-0.4, -0.2) is 29.0 Å². The van der Waals surface area contributed by atoms with E-state index in [4.69, 9.17) is 0 Å². The summed E-state index contributed by atoms with van der Waals surface area (Å²) in [6, 6.07) is 7.95. The fraction of sp³-hybridized carbons (Fsp3) is 0.400. The second-order valence-electron chi connectivity index (χ2n) is 6.85. The largest absolute Gasteiger partial charge is 0.370 e. The smallest absolute Gasteiger partial charge is 0.230 e. The molecule has 6 heteroatoms. The second-order valence-corrected chi connectivity index (χ2v) is 6.85. The maximum absolute atomic E-state index is 12.7. The quantitative estimate of drug-likeness (QED) is 0.920. The number of hydrogen-bond acceptors (Lipinski definition) is 5. The molecule has 1 N–H and O–H groups in total. The first kappa shape index (κ1) is 17.9. The molecule has 1 saturated heterocycles. The van der Waals surface area contributed by atoms with Crippen LogP contribution in [0.3, 0.4) is 0 Å². The van der Waals surface area contributed by atoms with Crippen LogP contribution in [-0.2, 0) is 4.79 Å². The van der Waals surface area contributed by atoms with E-state index in [9.17, 15) is 10.1 Å². The van der Waals surface area contributed by atoms with Gasteiger partial charge >= 0.3 is 0 Å².